The molecule has 1 aromatic carbocycles. The van der Waals surface area contributed by atoms with Crippen LogP contribution in [-0.2, 0) is 6.18 Å². The molecule has 0 heterocycles. The zero-order chi connectivity index (χ0) is 11.6. The highest BCUT2D eigenvalue weighted by Crippen LogP contribution is 2.33. The van der Waals surface area contributed by atoms with Gasteiger partial charge in [0, 0.05) is 10.6 Å². The molecule has 0 fully saturated rings. The van der Waals surface area contributed by atoms with Gasteiger partial charge in [0.25, 0.3) is 0 Å². The Kier molecular flexibility index (Phi) is 3.09. The molecule has 0 aliphatic heterocycles. The predicted octanol–water partition coefficient (Wildman–Crippen LogP) is 2.45. The summed E-state index contributed by atoms with van der Waals surface area (Å²) in [4.78, 5) is 0. The van der Waals surface area contributed by atoms with E-state index >= 15 is 0 Å². The van der Waals surface area contributed by atoms with Gasteiger partial charge in [-0.25, -0.2) is 0 Å². The maximum absolute atomic E-state index is 12.4. The molecule has 1 rings (SSSR count). The van der Waals surface area contributed by atoms with E-state index in [9.17, 15) is 13.2 Å². The Morgan fingerprint density at radius 3 is 2.47 bits per heavy atom. The molecule has 7 heteroatoms. The fraction of sp³-hybridized carbons (Fsp3) is 0.125. The van der Waals surface area contributed by atoms with Crippen molar-refractivity contribution in [2.24, 2.45) is 10.9 Å². The first-order chi connectivity index (χ1) is 6.86. The van der Waals surface area contributed by atoms with Gasteiger partial charge in [-0.05, 0) is 18.2 Å². The summed E-state index contributed by atoms with van der Waals surface area (Å²) in [6, 6.07) is 2.84. The molecule has 0 spiro atoms. The van der Waals surface area contributed by atoms with Crippen LogP contribution in [-0.4, -0.2) is 11.0 Å². The first-order valence-corrected chi connectivity index (χ1v) is 4.08. The lowest BCUT2D eigenvalue weighted by Gasteiger charge is -2.11. The Morgan fingerprint density at radius 2 is 2.00 bits per heavy atom. The molecule has 0 aromatic heterocycles. The Labute approximate surface area is 87.9 Å². The number of benzene rings is 1. The second-order valence-electron chi connectivity index (χ2n) is 2.67. The number of nitrogens with zero attached hydrogens (tertiary/aromatic N) is 1. The smallest absolute Gasteiger partial charge is 0.409 e. The van der Waals surface area contributed by atoms with Crippen molar-refractivity contribution in [2.75, 3.05) is 0 Å². The van der Waals surface area contributed by atoms with Gasteiger partial charge >= 0.3 is 6.18 Å². The monoisotopic (exact) mass is 238 g/mol. The lowest BCUT2D eigenvalue weighted by molar-refractivity contribution is -0.137. The zero-order valence-corrected chi connectivity index (χ0v) is 7.97. The van der Waals surface area contributed by atoms with E-state index < -0.39 is 23.1 Å². The van der Waals surface area contributed by atoms with E-state index in [1.54, 1.807) is 0 Å². The SMILES string of the molecule is N/C(=N/O)c1cc(Cl)ccc1C(F)(F)F. The Balaban J connectivity index is 3.40. The van der Waals surface area contributed by atoms with Crippen LogP contribution in [0.2, 0.25) is 5.02 Å². The van der Waals surface area contributed by atoms with Crippen molar-refractivity contribution in [1.82, 2.24) is 0 Å². The van der Waals surface area contributed by atoms with Crippen LogP contribution in [0.3, 0.4) is 0 Å². The van der Waals surface area contributed by atoms with Gasteiger partial charge in [-0.1, -0.05) is 16.8 Å². The number of nitrogens with two attached hydrogens (primary N) is 1. The molecule has 3 N–H and O–H groups in total. The minimum absolute atomic E-state index is 0.0737. The quantitative estimate of drug-likeness (QED) is 0.342. The topological polar surface area (TPSA) is 58.6 Å². The lowest BCUT2D eigenvalue weighted by Crippen LogP contribution is -2.19. The van der Waals surface area contributed by atoms with Crippen LogP contribution < -0.4 is 5.73 Å². The van der Waals surface area contributed by atoms with Crippen molar-refractivity contribution in [3.05, 3.63) is 34.3 Å². The number of halogens is 4. The summed E-state index contributed by atoms with van der Waals surface area (Å²) >= 11 is 5.51. The molecule has 1 aromatic rings. The molecular weight excluding hydrogens is 233 g/mol. The third kappa shape index (κ3) is 2.53. The predicted molar refractivity (Wildman–Crippen MR) is 49.0 cm³/mol. The van der Waals surface area contributed by atoms with Gasteiger partial charge in [-0.15, -0.1) is 0 Å². The number of amidine groups is 1. The summed E-state index contributed by atoms with van der Waals surface area (Å²) in [6.45, 7) is 0. The Morgan fingerprint density at radius 1 is 1.40 bits per heavy atom. The molecule has 0 saturated carbocycles. The molecule has 0 aliphatic carbocycles. The second kappa shape index (κ2) is 3.98. The van der Waals surface area contributed by atoms with Crippen LogP contribution in [0, 0.1) is 0 Å². The molecule has 15 heavy (non-hydrogen) atoms. The molecule has 0 amide bonds. The second-order valence-corrected chi connectivity index (χ2v) is 3.11. The van der Waals surface area contributed by atoms with Crippen LogP contribution in [0.4, 0.5) is 13.2 Å². The van der Waals surface area contributed by atoms with Crippen molar-refractivity contribution in [3.63, 3.8) is 0 Å². The van der Waals surface area contributed by atoms with Crippen LogP contribution in [0.5, 0.6) is 0 Å². The van der Waals surface area contributed by atoms with Crippen LogP contribution >= 0.6 is 11.6 Å². The lowest BCUT2D eigenvalue weighted by atomic mass is 10.1. The summed E-state index contributed by atoms with van der Waals surface area (Å²) in [5, 5.41) is 10.9. The van der Waals surface area contributed by atoms with E-state index in [1.165, 1.54) is 0 Å². The molecule has 0 aliphatic rings. The van der Waals surface area contributed by atoms with Crippen molar-refractivity contribution in [3.8, 4) is 0 Å². The maximum atomic E-state index is 12.4. The third-order valence-electron chi connectivity index (χ3n) is 1.67. The number of rotatable bonds is 1. The van der Waals surface area contributed by atoms with Crippen molar-refractivity contribution in [1.29, 1.82) is 0 Å². The van der Waals surface area contributed by atoms with Crippen molar-refractivity contribution >= 4 is 17.4 Å². The van der Waals surface area contributed by atoms with E-state index in [4.69, 9.17) is 22.5 Å². The van der Waals surface area contributed by atoms with Crippen LogP contribution in [0.1, 0.15) is 11.1 Å². The van der Waals surface area contributed by atoms with E-state index in [0.717, 1.165) is 18.2 Å². The highest BCUT2D eigenvalue weighted by molar-refractivity contribution is 6.31. The standard InChI is InChI=1S/C8H6ClF3N2O/c9-4-1-2-6(8(10,11)12)5(3-4)7(13)14-15/h1-3,15H,(H2,13,14). The zero-order valence-electron chi connectivity index (χ0n) is 7.22. The van der Waals surface area contributed by atoms with E-state index in [1.807, 2.05) is 0 Å². The molecule has 0 bridgehead atoms. The Hall–Kier alpha value is -1.43. The van der Waals surface area contributed by atoms with Crippen LogP contribution in [0.25, 0.3) is 0 Å². The fourth-order valence-electron chi connectivity index (χ4n) is 1.03. The molecule has 0 radical (unpaired) electrons. The van der Waals surface area contributed by atoms with Gasteiger partial charge in [0.2, 0.25) is 0 Å². The largest absolute Gasteiger partial charge is 0.417 e. The third-order valence-corrected chi connectivity index (χ3v) is 1.91. The summed E-state index contributed by atoms with van der Waals surface area (Å²) < 4.78 is 37.3. The molecule has 0 saturated heterocycles. The average molecular weight is 239 g/mol. The van der Waals surface area contributed by atoms with E-state index in [2.05, 4.69) is 5.16 Å². The summed E-state index contributed by atoms with van der Waals surface area (Å²) in [5.74, 6) is -0.634. The highest BCUT2D eigenvalue weighted by Gasteiger charge is 2.34. The summed E-state index contributed by atoms with van der Waals surface area (Å²) in [5.41, 5.74) is 3.66. The van der Waals surface area contributed by atoms with Crippen molar-refractivity contribution < 1.29 is 18.4 Å². The summed E-state index contributed by atoms with van der Waals surface area (Å²) in [6.07, 6.45) is -4.57. The summed E-state index contributed by atoms with van der Waals surface area (Å²) in [7, 11) is 0. The number of alkyl halides is 3. The molecule has 82 valence electrons. The number of hydrogen-bond donors (Lipinski definition) is 2. The van der Waals surface area contributed by atoms with E-state index in [-0.39, 0.29) is 5.02 Å². The van der Waals surface area contributed by atoms with Crippen molar-refractivity contribution in [2.45, 2.75) is 6.18 Å². The van der Waals surface area contributed by atoms with Crippen LogP contribution in [0.15, 0.2) is 23.4 Å². The Bertz CT molecular complexity index is 403. The van der Waals surface area contributed by atoms with Gasteiger partial charge in [-0.2, -0.15) is 13.2 Å². The molecule has 0 atom stereocenters. The molecule has 3 nitrogen and oxygen atoms in total. The normalized spacial score (nSPS) is 12.9. The number of oxime groups is 1. The fourth-order valence-corrected chi connectivity index (χ4v) is 1.20. The van der Waals surface area contributed by atoms with Gasteiger partial charge in [0.1, 0.15) is 0 Å². The highest BCUT2D eigenvalue weighted by atomic mass is 35.5. The maximum Gasteiger partial charge on any atom is 0.417 e. The number of hydrogen-bond acceptors (Lipinski definition) is 2. The first-order valence-electron chi connectivity index (χ1n) is 3.71. The molecule has 0 unspecified atom stereocenters. The first kappa shape index (κ1) is 11.6. The molecular formula is C8H6ClF3N2O. The van der Waals surface area contributed by atoms with E-state index in [0.29, 0.717) is 0 Å². The average Bonchev–Trinajstić information content (AvgIpc) is 2.14. The van der Waals surface area contributed by atoms with Gasteiger partial charge in [-0.3, -0.25) is 0 Å². The van der Waals surface area contributed by atoms with Gasteiger partial charge < -0.3 is 10.9 Å². The minimum atomic E-state index is -4.57. The minimum Gasteiger partial charge on any atom is -0.409 e. The van der Waals surface area contributed by atoms with Gasteiger partial charge in [0.15, 0.2) is 5.84 Å². The van der Waals surface area contributed by atoms with Gasteiger partial charge in [0.05, 0.1) is 5.56 Å².